The fourth-order valence-electron chi connectivity index (χ4n) is 4.25. The molecule has 1 aliphatic heterocycles. The Bertz CT molecular complexity index is 487. The van der Waals surface area contributed by atoms with E-state index >= 15 is 0 Å². The SMILES string of the molecule is CN1CCCC(N(C)C2(CN)CCc3ccccc3C2)C1. The molecular formula is C18H29N3. The van der Waals surface area contributed by atoms with E-state index in [4.69, 9.17) is 5.73 Å². The number of likely N-dealkylation sites (tertiary alicyclic amines) is 1. The number of hydrogen-bond donors (Lipinski definition) is 1. The summed E-state index contributed by atoms with van der Waals surface area (Å²) < 4.78 is 0. The highest BCUT2D eigenvalue weighted by molar-refractivity contribution is 5.32. The predicted molar refractivity (Wildman–Crippen MR) is 88.5 cm³/mol. The lowest BCUT2D eigenvalue weighted by molar-refractivity contribution is 0.0291. The first-order valence-electron chi connectivity index (χ1n) is 8.33. The van der Waals surface area contributed by atoms with Gasteiger partial charge in [-0.2, -0.15) is 0 Å². The quantitative estimate of drug-likeness (QED) is 0.921. The van der Waals surface area contributed by atoms with Gasteiger partial charge in [0.15, 0.2) is 0 Å². The number of nitrogens with zero attached hydrogens (tertiary/aromatic N) is 2. The first-order valence-corrected chi connectivity index (χ1v) is 8.33. The van der Waals surface area contributed by atoms with E-state index in [1.807, 2.05) is 0 Å². The highest BCUT2D eigenvalue weighted by atomic mass is 15.3. The van der Waals surface area contributed by atoms with E-state index in [9.17, 15) is 0 Å². The first kappa shape index (κ1) is 15.0. The smallest absolute Gasteiger partial charge is 0.0375 e. The second-order valence-electron chi connectivity index (χ2n) is 7.04. The Labute approximate surface area is 129 Å². The van der Waals surface area contributed by atoms with E-state index in [1.165, 1.54) is 49.9 Å². The molecule has 1 saturated heterocycles. The third-order valence-corrected chi connectivity index (χ3v) is 5.77. The number of likely N-dealkylation sites (N-methyl/N-ethyl adjacent to an activating group) is 2. The van der Waals surface area contributed by atoms with Crippen molar-refractivity contribution in [2.45, 2.75) is 43.7 Å². The Kier molecular flexibility index (Phi) is 4.34. The zero-order valence-corrected chi connectivity index (χ0v) is 13.5. The van der Waals surface area contributed by atoms with Gasteiger partial charge >= 0.3 is 0 Å². The Morgan fingerprint density at radius 3 is 2.81 bits per heavy atom. The van der Waals surface area contributed by atoms with Crippen LogP contribution >= 0.6 is 0 Å². The molecule has 21 heavy (non-hydrogen) atoms. The molecule has 2 aliphatic rings. The van der Waals surface area contributed by atoms with E-state index in [2.05, 4.69) is 48.2 Å². The summed E-state index contributed by atoms with van der Waals surface area (Å²) in [5, 5.41) is 0. The van der Waals surface area contributed by atoms with E-state index in [-0.39, 0.29) is 5.54 Å². The fraction of sp³-hybridized carbons (Fsp3) is 0.667. The molecule has 0 amide bonds. The molecule has 1 fully saturated rings. The van der Waals surface area contributed by atoms with Crippen LogP contribution in [0.1, 0.15) is 30.4 Å². The van der Waals surface area contributed by atoms with Crippen LogP contribution in [0.25, 0.3) is 0 Å². The molecule has 1 aliphatic carbocycles. The highest BCUT2D eigenvalue weighted by Gasteiger charge is 2.40. The van der Waals surface area contributed by atoms with Gasteiger partial charge in [-0.3, -0.25) is 4.90 Å². The normalized spacial score (nSPS) is 30.4. The molecule has 2 unspecified atom stereocenters. The van der Waals surface area contributed by atoms with Crippen molar-refractivity contribution in [2.24, 2.45) is 5.73 Å². The maximum absolute atomic E-state index is 6.28. The molecule has 3 heteroatoms. The van der Waals surface area contributed by atoms with Gasteiger partial charge in [-0.15, -0.1) is 0 Å². The number of fused-ring (bicyclic) bond motifs is 1. The van der Waals surface area contributed by atoms with Crippen molar-refractivity contribution in [3.63, 3.8) is 0 Å². The largest absolute Gasteiger partial charge is 0.329 e. The minimum Gasteiger partial charge on any atom is -0.329 e. The van der Waals surface area contributed by atoms with Crippen molar-refractivity contribution >= 4 is 0 Å². The van der Waals surface area contributed by atoms with E-state index in [0.29, 0.717) is 6.04 Å². The molecule has 3 rings (SSSR count). The van der Waals surface area contributed by atoms with Gasteiger partial charge in [-0.05, 0) is 63.9 Å². The van der Waals surface area contributed by atoms with Crippen LogP contribution in [0, 0.1) is 0 Å². The molecule has 0 aromatic heterocycles. The van der Waals surface area contributed by atoms with Gasteiger partial charge in [0.05, 0.1) is 0 Å². The van der Waals surface area contributed by atoms with Gasteiger partial charge in [0.25, 0.3) is 0 Å². The number of rotatable bonds is 3. The third kappa shape index (κ3) is 2.87. The zero-order valence-electron chi connectivity index (χ0n) is 13.5. The van der Waals surface area contributed by atoms with Gasteiger partial charge < -0.3 is 10.6 Å². The Hall–Kier alpha value is -0.900. The van der Waals surface area contributed by atoms with Crippen molar-refractivity contribution in [1.82, 2.24) is 9.80 Å². The summed E-state index contributed by atoms with van der Waals surface area (Å²) in [5.41, 5.74) is 9.46. The third-order valence-electron chi connectivity index (χ3n) is 5.77. The van der Waals surface area contributed by atoms with Gasteiger partial charge in [0, 0.05) is 24.7 Å². The van der Waals surface area contributed by atoms with Crippen LogP contribution in [0.4, 0.5) is 0 Å². The summed E-state index contributed by atoms with van der Waals surface area (Å²) in [4.78, 5) is 5.09. The Morgan fingerprint density at radius 2 is 2.10 bits per heavy atom. The summed E-state index contributed by atoms with van der Waals surface area (Å²) in [7, 11) is 4.55. The molecule has 1 aromatic rings. The van der Waals surface area contributed by atoms with Gasteiger partial charge in [-0.1, -0.05) is 24.3 Å². The molecule has 0 spiro atoms. The van der Waals surface area contributed by atoms with Crippen LogP contribution in [0.3, 0.4) is 0 Å². The molecule has 0 saturated carbocycles. The van der Waals surface area contributed by atoms with Crippen molar-refractivity contribution in [3.05, 3.63) is 35.4 Å². The van der Waals surface area contributed by atoms with Crippen LogP contribution in [-0.4, -0.2) is 55.1 Å². The fourth-order valence-corrected chi connectivity index (χ4v) is 4.25. The van der Waals surface area contributed by atoms with E-state index in [1.54, 1.807) is 0 Å². The van der Waals surface area contributed by atoms with Crippen molar-refractivity contribution < 1.29 is 0 Å². The van der Waals surface area contributed by atoms with E-state index in [0.717, 1.165) is 13.0 Å². The second kappa shape index (κ2) is 6.07. The molecule has 1 aromatic carbocycles. The van der Waals surface area contributed by atoms with Crippen LogP contribution in [-0.2, 0) is 12.8 Å². The Morgan fingerprint density at radius 1 is 1.33 bits per heavy atom. The maximum Gasteiger partial charge on any atom is 0.0375 e. The van der Waals surface area contributed by atoms with Crippen LogP contribution in [0.2, 0.25) is 0 Å². The van der Waals surface area contributed by atoms with Crippen molar-refractivity contribution in [3.8, 4) is 0 Å². The zero-order chi connectivity index (χ0) is 14.9. The molecular weight excluding hydrogens is 258 g/mol. The molecule has 1 heterocycles. The van der Waals surface area contributed by atoms with Crippen molar-refractivity contribution in [2.75, 3.05) is 33.7 Å². The molecule has 0 radical (unpaired) electrons. The number of hydrogen-bond acceptors (Lipinski definition) is 3. The minimum atomic E-state index is 0.150. The number of benzene rings is 1. The van der Waals surface area contributed by atoms with E-state index < -0.39 is 0 Å². The van der Waals surface area contributed by atoms with Crippen LogP contribution in [0.5, 0.6) is 0 Å². The second-order valence-corrected chi connectivity index (χ2v) is 7.04. The number of piperidine rings is 1. The number of nitrogens with two attached hydrogens (primary N) is 1. The molecule has 3 nitrogen and oxygen atoms in total. The van der Waals surface area contributed by atoms with Gasteiger partial charge in [0.2, 0.25) is 0 Å². The van der Waals surface area contributed by atoms with Gasteiger partial charge in [0.1, 0.15) is 0 Å². The Balaban J connectivity index is 1.81. The first-order chi connectivity index (χ1) is 10.1. The average molecular weight is 287 g/mol. The lowest BCUT2D eigenvalue weighted by Crippen LogP contribution is -2.61. The standard InChI is InChI=1S/C18H29N3/c1-20-11-5-8-17(13-20)21(2)18(14-19)10-9-15-6-3-4-7-16(15)12-18/h3-4,6-7,17H,5,8-14,19H2,1-2H3. The summed E-state index contributed by atoms with van der Waals surface area (Å²) in [6.45, 7) is 3.18. The van der Waals surface area contributed by atoms with Crippen LogP contribution < -0.4 is 5.73 Å². The van der Waals surface area contributed by atoms with Crippen LogP contribution in [0.15, 0.2) is 24.3 Å². The molecule has 116 valence electrons. The molecule has 2 atom stereocenters. The van der Waals surface area contributed by atoms with Gasteiger partial charge in [-0.25, -0.2) is 0 Å². The summed E-state index contributed by atoms with van der Waals surface area (Å²) in [6, 6.07) is 9.55. The predicted octanol–water partition coefficient (Wildman–Crippen LogP) is 1.90. The molecule has 0 bridgehead atoms. The number of aryl methyl sites for hydroxylation is 1. The molecule has 2 N–H and O–H groups in total. The van der Waals surface area contributed by atoms with Crippen molar-refractivity contribution in [1.29, 1.82) is 0 Å². The lowest BCUT2D eigenvalue weighted by Gasteiger charge is -2.50. The monoisotopic (exact) mass is 287 g/mol. The highest BCUT2D eigenvalue weighted by Crippen LogP contribution is 2.34. The topological polar surface area (TPSA) is 32.5 Å². The average Bonchev–Trinajstić information content (AvgIpc) is 2.53. The summed E-state index contributed by atoms with van der Waals surface area (Å²) in [5.74, 6) is 0. The minimum absolute atomic E-state index is 0.150. The lowest BCUT2D eigenvalue weighted by atomic mass is 9.76. The summed E-state index contributed by atoms with van der Waals surface area (Å²) in [6.07, 6.45) is 6.08. The summed E-state index contributed by atoms with van der Waals surface area (Å²) >= 11 is 0. The maximum atomic E-state index is 6.28.